The topological polar surface area (TPSA) is 23.5 Å². The molecule has 0 aliphatic heterocycles. The fraction of sp³-hybridized carbons (Fsp3) is 1.00. The molecule has 0 amide bonds. The Morgan fingerprint density at radius 1 is 1.17 bits per heavy atom. The summed E-state index contributed by atoms with van der Waals surface area (Å²) < 4.78 is 0. The highest BCUT2D eigenvalue weighted by Crippen LogP contribution is 2.36. The van der Waals surface area contributed by atoms with E-state index in [2.05, 4.69) is 25.7 Å². The molecule has 2 heteroatoms. The Labute approximate surface area is 113 Å². The van der Waals surface area contributed by atoms with Crippen LogP contribution in [0.15, 0.2) is 0 Å². The predicted octanol–water partition coefficient (Wildman–Crippen LogP) is 3.29. The van der Waals surface area contributed by atoms with Gasteiger partial charge in [-0.1, -0.05) is 20.8 Å². The van der Waals surface area contributed by atoms with Crippen LogP contribution in [0.4, 0.5) is 0 Å². The zero-order valence-electron chi connectivity index (χ0n) is 12.4. The summed E-state index contributed by atoms with van der Waals surface area (Å²) >= 11 is 0. The fourth-order valence-electron chi connectivity index (χ4n) is 3.47. The van der Waals surface area contributed by atoms with E-state index in [0.29, 0.717) is 6.04 Å². The van der Waals surface area contributed by atoms with Crippen LogP contribution in [0.1, 0.15) is 59.3 Å². The Balaban J connectivity index is 1.95. The number of aliphatic hydroxyl groups excluding tert-OH is 1. The largest absolute Gasteiger partial charge is 0.391 e. The van der Waals surface area contributed by atoms with Crippen LogP contribution in [0, 0.1) is 17.8 Å². The number of hydrogen-bond acceptors (Lipinski definition) is 2. The van der Waals surface area contributed by atoms with Gasteiger partial charge in [0.15, 0.2) is 0 Å². The van der Waals surface area contributed by atoms with Gasteiger partial charge in [-0.3, -0.25) is 4.90 Å². The Hall–Kier alpha value is -0.0800. The highest BCUT2D eigenvalue weighted by molar-refractivity contribution is 4.90. The SMILES string of the molecule is CCCN(CC1CC1)C1CC(C(C)C)CCC1O. The van der Waals surface area contributed by atoms with Crippen molar-refractivity contribution in [2.75, 3.05) is 13.1 Å². The van der Waals surface area contributed by atoms with Crippen LogP contribution in [0.2, 0.25) is 0 Å². The molecular formula is C16H31NO. The third kappa shape index (κ3) is 3.71. The lowest BCUT2D eigenvalue weighted by Crippen LogP contribution is -2.49. The molecule has 2 aliphatic carbocycles. The van der Waals surface area contributed by atoms with Crippen molar-refractivity contribution in [2.45, 2.75) is 71.4 Å². The molecule has 3 unspecified atom stereocenters. The minimum Gasteiger partial charge on any atom is -0.391 e. The monoisotopic (exact) mass is 253 g/mol. The Bertz CT molecular complexity index is 249. The van der Waals surface area contributed by atoms with E-state index in [1.165, 1.54) is 45.2 Å². The maximum Gasteiger partial charge on any atom is 0.0695 e. The summed E-state index contributed by atoms with van der Waals surface area (Å²) in [7, 11) is 0. The lowest BCUT2D eigenvalue weighted by Gasteiger charge is -2.42. The number of nitrogens with zero attached hydrogens (tertiary/aromatic N) is 1. The van der Waals surface area contributed by atoms with Gasteiger partial charge in [0.2, 0.25) is 0 Å². The molecule has 2 rings (SSSR count). The standard InChI is InChI=1S/C16H31NO/c1-4-9-17(11-13-5-6-13)15-10-14(12(2)3)7-8-16(15)18/h12-16,18H,4-11H2,1-3H3. The molecule has 1 N–H and O–H groups in total. The zero-order valence-corrected chi connectivity index (χ0v) is 12.4. The minimum atomic E-state index is -0.0784. The highest BCUT2D eigenvalue weighted by atomic mass is 16.3. The van der Waals surface area contributed by atoms with Gasteiger partial charge in [0.25, 0.3) is 0 Å². The molecule has 0 aromatic rings. The third-order valence-corrected chi connectivity index (χ3v) is 4.93. The molecule has 0 heterocycles. The number of rotatable bonds is 6. The van der Waals surface area contributed by atoms with Gasteiger partial charge in [-0.15, -0.1) is 0 Å². The fourth-order valence-corrected chi connectivity index (χ4v) is 3.47. The maximum absolute atomic E-state index is 10.4. The molecule has 106 valence electrons. The van der Waals surface area contributed by atoms with Gasteiger partial charge >= 0.3 is 0 Å². The van der Waals surface area contributed by atoms with Gasteiger partial charge in [0.05, 0.1) is 6.10 Å². The summed E-state index contributed by atoms with van der Waals surface area (Å²) in [5.41, 5.74) is 0. The molecule has 0 spiro atoms. The van der Waals surface area contributed by atoms with E-state index >= 15 is 0 Å². The van der Waals surface area contributed by atoms with Crippen molar-refractivity contribution in [3.63, 3.8) is 0 Å². The molecule has 2 nitrogen and oxygen atoms in total. The van der Waals surface area contributed by atoms with E-state index in [9.17, 15) is 5.11 Å². The summed E-state index contributed by atoms with van der Waals surface area (Å²) in [6.07, 6.45) is 7.41. The van der Waals surface area contributed by atoms with Gasteiger partial charge in [0, 0.05) is 12.6 Å². The summed E-state index contributed by atoms with van der Waals surface area (Å²) in [5.74, 6) is 2.52. The third-order valence-electron chi connectivity index (χ3n) is 4.93. The maximum atomic E-state index is 10.4. The van der Waals surface area contributed by atoms with Crippen molar-refractivity contribution in [3.05, 3.63) is 0 Å². The van der Waals surface area contributed by atoms with E-state index in [-0.39, 0.29) is 6.10 Å². The van der Waals surface area contributed by atoms with Gasteiger partial charge in [-0.05, 0) is 62.8 Å². The normalized spacial score (nSPS) is 33.3. The second kappa shape index (κ2) is 6.38. The van der Waals surface area contributed by atoms with Crippen molar-refractivity contribution in [2.24, 2.45) is 17.8 Å². The van der Waals surface area contributed by atoms with Crippen LogP contribution in [-0.4, -0.2) is 35.2 Å². The van der Waals surface area contributed by atoms with Gasteiger partial charge in [-0.2, -0.15) is 0 Å². The van der Waals surface area contributed by atoms with Crippen LogP contribution in [-0.2, 0) is 0 Å². The molecule has 0 radical (unpaired) electrons. The van der Waals surface area contributed by atoms with Crippen LogP contribution in [0.5, 0.6) is 0 Å². The first-order valence-electron chi connectivity index (χ1n) is 8.04. The zero-order chi connectivity index (χ0) is 13.1. The lowest BCUT2D eigenvalue weighted by atomic mass is 9.77. The van der Waals surface area contributed by atoms with Crippen LogP contribution >= 0.6 is 0 Å². The van der Waals surface area contributed by atoms with E-state index in [4.69, 9.17) is 0 Å². The number of aliphatic hydroxyl groups is 1. The summed E-state index contributed by atoms with van der Waals surface area (Å²) in [5, 5.41) is 10.4. The van der Waals surface area contributed by atoms with Crippen LogP contribution in [0.25, 0.3) is 0 Å². The molecule has 0 saturated heterocycles. The average molecular weight is 253 g/mol. The predicted molar refractivity (Wildman–Crippen MR) is 76.6 cm³/mol. The molecule has 2 aliphatic rings. The van der Waals surface area contributed by atoms with Gasteiger partial charge < -0.3 is 5.11 Å². The highest BCUT2D eigenvalue weighted by Gasteiger charge is 2.36. The molecule has 18 heavy (non-hydrogen) atoms. The second-order valence-corrected chi connectivity index (χ2v) is 6.89. The second-order valence-electron chi connectivity index (χ2n) is 6.89. The quantitative estimate of drug-likeness (QED) is 0.785. The van der Waals surface area contributed by atoms with Crippen molar-refractivity contribution >= 4 is 0 Å². The van der Waals surface area contributed by atoms with E-state index in [1.807, 2.05) is 0 Å². The first-order chi connectivity index (χ1) is 8.61. The number of hydrogen-bond donors (Lipinski definition) is 1. The molecule has 3 atom stereocenters. The summed E-state index contributed by atoms with van der Waals surface area (Å²) in [6, 6.07) is 0.437. The summed E-state index contributed by atoms with van der Waals surface area (Å²) in [6.45, 7) is 9.34. The minimum absolute atomic E-state index is 0.0784. The molecule has 2 saturated carbocycles. The summed E-state index contributed by atoms with van der Waals surface area (Å²) in [4.78, 5) is 2.61. The van der Waals surface area contributed by atoms with E-state index in [0.717, 1.165) is 24.2 Å². The lowest BCUT2D eigenvalue weighted by molar-refractivity contribution is -0.00640. The average Bonchev–Trinajstić information content (AvgIpc) is 3.13. The van der Waals surface area contributed by atoms with E-state index < -0.39 is 0 Å². The Morgan fingerprint density at radius 3 is 2.44 bits per heavy atom. The van der Waals surface area contributed by atoms with Crippen molar-refractivity contribution in [1.29, 1.82) is 0 Å². The van der Waals surface area contributed by atoms with Crippen molar-refractivity contribution in [1.82, 2.24) is 4.90 Å². The Kier molecular flexibility index (Phi) is 5.08. The molecule has 0 aromatic heterocycles. The molecule has 0 bridgehead atoms. The first kappa shape index (κ1) is 14.3. The van der Waals surface area contributed by atoms with Crippen molar-refractivity contribution < 1.29 is 5.11 Å². The van der Waals surface area contributed by atoms with Crippen LogP contribution in [0.3, 0.4) is 0 Å². The van der Waals surface area contributed by atoms with Crippen LogP contribution < -0.4 is 0 Å². The van der Waals surface area contributed by atoms with Gasteiger partial charge in [0.1, 0.15) is 0 Å². The first-order valence-corrected chi connectivity index (χ1v) is 8.04. The van der Waals surface area contributed by atoms with E-state index in [1.54, 1.807) is 0 Å². The van der Waals surface area contributed by atoms with Gasteiger partial charge in [-0.25, -0.2) is 0 Å². The van der Waals surface area contributed by atoms with Crippen molar-refractivity contribution in [3.8, 4) is 0 Å². The smallest absolute Gasteiger partial charge is 0.0695 e. The molecule has 2 fully saturated rings. The molecule has 0 aromatic carbocycles. The molecular weight excluding hydrogens is 222 g/mol. The Morgan fingerprint density at radius 2 is 1.89 bits per heavy atom.